The maximum absolute atomic E-state index is 7.01. The Morgan fingerprint density at radius 1 is 0.275 bits per heavy atom. The molecule has 0 atom stereocenters. The van der Waals surface area contributed by atoms with Crippen molar-refractivity contribution in [3.63, 3.8) is 0 Å². The van der Waals surface area contributed by atoms with Gasteiger partial charge in [-0.2, -0.15) is 0 Å². The van der Waals surface area contributed by atoms with Gasteiger partial charge in [-0.25, -0.2) is 0 Å². The Morgan fingerprint density at radius 2 is 0.725 bits per heavy atom. The van der Waals surface area contributed by atoms with Gasteiger partial charge < -0.3 is 14.2 Å². The molecule has 12 aromatic carbocycles. The van der Waals surface area contributed by atoms with E-state index in [9.17, 15) is 0 Å². The highest BCUT2D eigenvalue weighted by molar-refractivity contribution is 6.31. The molecule has 1 aliphatic heterocycles. The molecule has 0 amide bonds. The van der Waals surface area contributed by atoms with Crippen molar-refractivity contribution in [2.75, 3.05) is 9.80 Å². The maximum atomic E-state index is 7.01. The van der Waals surface area contributed by atoms with Crippen molar-refractivity contribution >= 4 is 110 Å². The van der Waals surface area contributed by atoms with Gasteiger partial charge in [0.25, 0.3) is 0 Å². The fraction of sp³-hybridized carbons (Fsp3) is 0. The van der Waals surface area contributed by atoms with Crippen LogP contribution < -0.4 is 9.80 Å². The third kappa shape index (κ3) is 6.14. The molecule has 0 spiro atoms. The molecule has 3 heteroatoms. The van der Waals surface area contributed by atoms with E-state index in [-0.39, 0.29) is 0 Å². The number of para-hydroxylation sites is 4. The first kappa shape index (κ1) is 39.0. The molecule has 0 fully saturated rings. The van der Waals surface area contributed by atoms with Gasteiger partial charge in [-0.1, -0.05) is 182 Å². The Kier molecular flexibility index (Phi) is 8.90. The molecule has 0 saturated heterocycles. The van der Waals surface area contributed by atoms with Crippen LogP contribution in [0, 0.1) is 0 Å². The van der Waals surface area contributed by atoms with E-state index < -0.39 is 0 Å². The highest BCUT2D eigenvalue weighted by Gasteiger charge is 2.27. The summed E-state index contributed by atoms with van der Waals surface area (Å²) < 4.78 is 7.01. The Balaban J connectivity index is 1.12. The molecule has 69 heavy (non-hydrogen) atoms. The SMILES string of the molecule is c1ccc(N(c2ccc3c(c2)-c2ccccc2-c2ccccc2N3c2ccccc2)c2ccc3c4ccccc4c4ccccc4c4ccccc4c4c(ccc5c6ccccc6oc54)c3c2)cc1. The first-order chi connectivity index (χ1) is 34.3. The highest BCUT2D eigenvalue weighted by atomic mass is 16.3. The van der Waals surface area contributed by atoms with Crippen LogP contribution in [-0.2, 0) is 0 Å². The van der Waals surface area contributed by atoms with Gasteiger partial charge in [0.1, 0.15) is 11.2 Å². The Hall–Kier alpha value is -9.18. The molecule has 0 saturated carbocycles. The zero-order valence-electron chi connectivity index (χ0n) is 37.6. The van der Waals surface area contributed by atoms with Crippen LogP contribution in [0.3, 0.4) is 0 Å². The Bertz CT molecular complexity index is 4270. The zero-order chi connectivity index (χ0) is 45.4. The molecule has 0 radical (unpaired) electrons. The predicted octanol–water partition coefficient (Wildman–Crippen LogP) is 19.1. The van der Waals surface area contributed by atoms with Crippen molar-refractivity contribution in [2.45, 2.75) is 0 Å². The molecule has 3 nitrogen and oxygen atoms in total. The van der Waals surface area contributed by atoms with Gasteiger partial charge in [0.05, 0.1) is 11.4 Å². The number of nitrogens with zero attached hydrogens (tertiary/aromatic N) is 2. The first-order valence-electron chi connectivity index (χ1n) is 23.7. The van der Waals surface area contributed by atoms with Crippen LogP contribution in [0.2, 0.25) is 0 Å². The summed E-state index contributed by atoms with van der Waals surface area (Å²) in [5.41, 5.74) is 13.1. The molecule has 322 valence electrons. The van der Waals surface area contributed by atoms with Crippen molar-refractivity contribution < 1.29 is 4.42 Å². The van der Waals surface area contributed by atoms with Crippen molar-refractivity contribution in [2.24, 2.45) is 0 Å². The fourth-order valence-electron chi connectivity index (χ4n) is 11.2. The standard InChI is InChI=1S/C66H42N2O/c1-3-19-43(20-4-1)67(46-36-40-63-61(42-46)53-29-12-11-27-51(53)55-30-15-17-33-62(55)68(63)44-21-5-2-6-22-44)45-35-37-54-50-26-10-8-24-48(50)47-23-7-9-25-49(47)52-28-13-14-32-57(52)65-58(60(54)41-45)38-39-59-56-31-16-18-34-64(56)69-66(59)65/h1-42H. The van der Waals surface area contributed by atoms with Gasteiger partial charge in [-0.3, -0.25) is 0 Å². The highest BCUT2D eigenvalue weighted by Crippen LogP contribution is 2.52. The summed E-state index contributed by atoms with van der Waals surface area (Å²) in [4.78, 5) is 4.84. The summed E-state index contributed by atoms with van der Waals surface area (Å²) in [7, 11) is 0. The number of furan rings is 1. The van der Waals surface area contributed by atoms with E-state index >= 15 is 0 Å². The lowest BCUT2D eigenvalue weighted by Crippen LogP contribution is -2.13. The van der Waals surface area contributed by atoms with E-state index in [4.69, 9.17) is 4.42 Å². The predicted molar refractivity (Wildman–Crippen MR) is 293 cm³/mol. The molecule has 14 rings (SSSR count). The summed E-state index contributed by atoms with van der Waals surface area (Å²) >= 11 is 0. The topological polar surface area (TPSA) is 19.6 Å². The van der Waals surface area contributed by atoms with Crippen LogP contribution in [0.5, 0.6) is 0 Å². The van der Waals surface area contributed by atoms with E-state index in [2.05, 4.69) is 265 Å². The summed E-state index contributed by atoms with van der Waals surface area (Å²) in [5, 5.41) is 13.7. The molecular formula is C66H42N2O. The second kappa shape index (κ2) is 15.7. The van der Waals surface area contributed by atoms with Crippen LogP contribution >= 0.6 is 0 Å². The quantitative estimate of drug-likeness (QED) is 0.176. The Morgan fingerprint density at radius 3 is 1.42 bits per heavy atom. The van der Waals surface area contributed by atoms with E-state index in [1.54, 1.807) is 0 Å². The first-order valence-corrected chi connectivity index (χ1v) is 23.7. The average molecular weight is 879 g/mol. The maximum Gasteiger partial charge on any atom is 0.143 e. The van der Waals surface area contributed by atoms with Gasteiger partial charge in [-0.05, 0) is 132 Å². The molecule has 1 aliphatic rings. The summed E-state index contributed by atoms with van der Waals surface area (Å²) in [5.74, 6) is 0. The minimum atomic E-state index is 0.879. The second-order valence-electron chi connectivity index (χ2n) is 17.9. The lowest BCUT2D eigenvalue weighted by Gasteiger charge is -2.30. The number of hydrogen-bond donors (Lipinski definition) is 0. The number of rotatable bonds is 4. The fourth-order valence-corrected chi connectivity index (χ4v) is 11.2. The number of fused-ring (bicyclic) bond motifs is 19. The van der Waals surface area contributed by atoms with Crippen molar-refractivity contribution in [3.8, 4) is 22.3 Å². The second-order valence-corrected chi connectivity index (χ2v) is 17.9. The molecular weight excluding hydrogens is 837 g/mol. The third-order valence-corrected chi connectivity index (χ3v) is 14.2. The summed E-state index contributed by atoms with van der Waals surface area (Å²) in [6.07, 6.45) is 0. The minimum Gasteiger partial charge on any atom is -0.455 e. The molecule has 0 N–H and O–H groups in total. The smallest absolute Gasteiger partial charge is 0.143 e. The van der Waals surface area contributed by atoms with Gasteiger partial charge in [-0.15, -0.1) is 0 Å². The van der Waals surface area contributed by atoms with E-state index in [0.29, 0.717) is 0 Å². The van der Waals surface area contributed by atoms with E-state index in [1.165, 1.54) is 43.6 Å². The van der Waals surface area contributed by atoms with Crippen molar-refractivity contribution in [3.05, 3.63) is 255 Å². The van der Waals surface area contributed by atoms with E-state index in [0.717, 1.165) is 88.6 Å². The van der Waals surface area contributed by atoms with Gasteiger partial charge in [0.15, 0.2) is 0 Å². The van der Waals surface area contributed by atoms with Gasteiger partial charge in [0, 0.05) is 50.0 Å². The van der Waals surface area contributed by atoms with Crippen LogP contribution in [0.25, 0.3) is 98.1 Å². The average Bonchev–Trinajstić information content (AvgIpc) is 3.75. The van der Waals surface area contributed by atoms with Gasteiger partial charge >= 0.3 is 0 Å². The van der Waals surface area contributed by atoms with E-state index in [1.807, 2.05) is 0 Å². The molecule has 0 unspecified atom stereocenters. The zero-order valence-corrected chi connectivity index (χ0v) is 37.6. The van der Waals surface area contributed by atoms with Crippen LogP contribution in [0.1, 0.15) is 0 Å². The third-order valence-electron chi connectivity index (χ3n) is 14.2. The van der Waals surface area contributed by atoms with Crippen molar-refractivity contribution in [1.29, 1.82) is 0 Å². The number of anilines is 6. The minimum absolute atomic E-state index is 0.879. The monoisotopic (exact) mass is 878 g/mol. The normalized spacial score (nSPS) is 12.0. The summed E-state index contributed by atoms with van der Waals surface area (Å²) in [6, 6.07) is 92.8. The van der Waals surface area contributed by atoms with Crippen LogP contribution in [0.4, 0.5) is 34.1 Å². The summed E-state index contributed by atoms with van der Waals surface area (Å²) in [6.45, 7) is 0. The van der Waals surface area contributed by atoms with Crippen LogP contribution in [-0.4, -0.2) is 0 Å². The van der Waals surface area contributed by atoms with Crippen LogP contribution in [0.15, 0.2) is 259 Å². The van der Waals surface area contributed by atoms with Gasteiger partial charge in [0.2, 0.25) is 0 Å². The Labute approximate surface area is 399 Å². The molecule has 13 aromatic rings. The molecule has 2 heterocycles. The number of hydrogen-bond acceptors (Lipinski definition) is 3. The lowest BCUT2D eigenvalue weighted by molar-refractivity contribution is 0.673. The molecule has 1 aromatic heterocycles. The number of benzene rings is 11. The van der Waals surface area contributed by atoms with Crippen molar-refractivity contribution in [1.82, 2.24) is 0 Å². The largest absolute Gasteiger partial charge is 0.455 e. The lowest BCUT2D eigenvalue weighted by atomic mass is 9.93. The molecule has 0 bridgehead atoms. The molecule has 0 aliphatic carbocycles.